The van der Waals surface area contributed by atoms with Crippen molar-refractivity contribution >= 4 is 23.3 Å². The average Bonchev–Trinajstić information content (AvgIpc) is 2.40. The van der Waals surface area contributed by atoms with Crippen LogP contribution in [0, 0.1) is 0 Å². The molecule has 2 heterocycles. The largest absolute Gasteiger partial charge is 0.384 e. The average molecular weight is 253 g/mol. The summed E-state index contributed by atoms with van der Waals surface area (Å²) in [7, 11) is 0. The van der Waals surface area contributed by atoms with Crippen LogP contribution in [0.3, 0.4) is 0 Å². The van der Waals surface area contributed by atoms with Gasteiger partial charge in [0, 0.05) is 55.6 Å². The number of thioether (sulfide) groups is 1. The molecule has 0 saturated carbocycles. The molecule has 1 saturated heterocycles. The van der Waals surface area contributed by atoms with Gasteiger partial charge in [-0.25, -0.2) is 10.8 Å². The lowest BCUT2D eigenvalue weighted by atomic mass is 10.3. The fourth-order valence-electron chi connectivity index (χ4n) is 1.80. The van der Waals surface area contributed by atoms with Gasteiger partial charge in [0.25, 0.3) is 0 Å². The Morgan fingerprint density at radius 1 is 1.41 bits per heavy atom. The Kier molecular flexibility index (Phi) is 4.90. The first kappa shape index (κ1) is 12.5. The van der Waals surface area contributed by atoms with Gasteiger partial charge in [0.2, 0.25) is 0 Å². The Morgan fingerprint density at radius 2 is 2.24 bits per heavy atom. The van der Waals surface area contributed by atoms with Crippen molar-refractivity contribution in [2.45, 2.75) is 0 Å². The second-order valence-corrected chi connectivity index (χ2v) is 5.18. The maximum atomic E-state index is 5.31. The number of nitrogens with one attached hydrogen (secondary N) is 2. The predicted molar refractivity (Wildman–Crippen MR) is 74.3 cm³/mol. The van der Waals surface area contributed by atoms with Crippen molar-refractivity contribution in [1.82, 2.24) is 9.88 Å². The fourth-order valence-corrected chi connectivity index (χ4v) is 2.78. The van der Waals surface area contributed by atoms with Gasteiger partial charge in [-0.2, -0.15) is 11.8 Å². The van der Waals surface area contributed by atoms with E-state index in [1.54, 1.807) is 6.20 Å². The first-order valence-corrected chi connectivity index (χ1v) is 7.00. The van der Waals surface area contributed by atoms with Crippen molar-refractivity contribution in [1.29, 1.82) is 0 Å². The molecule has 1 aromatic rings. The zero-order chi connectivity index (χ0) is 11.9. The molecule has 1 aromatic heterocycles. The maximum Gasteiger partial charge on any atom is 0.141 e. The van der Waals surface area contributed by atoms with Gasteiger partial charge in [-0.3, -0.25) is 4.90 Å². The van der Waals surface area contributed by atoms with E-state index in [1.807, 2.05) is 23.9 Å². The van der Waals surface area contributed by atoms with Crippen LogP contribution in [-0.2, 0) is 0 Å². The highest BCUT2D eigenvalue weighted by atomic mass is 32.2. The van der Waals surface area contributed by atoms with Crippen LogP contribution in [0.15, 0.2) is 18.3 Å². The summed E-state index contributed by atoms with van der Waals surface area (Å²) in [6, 6.07) is 3.86. The van der Waals surface area contributed by atoms with Gasteiger partial charge >= 0.3 is 0 Å². The van der Waals surface area contributed by atoms with E-state index in [9.17, 15) is 0 Å². The fraction of sp³-hybridized carbons (Fsp3) is 0.545. The van der Waals surface area contributed by atoms with E-state index < -0.39 is 0 Å². The van der Waals surface area contributed by atoms with Gasteiger partial charge in [0.1, 0.15) is 5.82 Å². The SMILES string of the molecule is NNc1cc(NCCN2CCSCC2)ccn1. The summed E-state index contributed by atoms with van der Waals surface area (Å²) in [6.45, 7) is 4.46. The monoisotopic (exact) mass is 253 g/mol. The second-order valence-electron chi connectivity index (χ2n) is 3.95. The van der Waals surface area contributed by atoms with Crippen molar-refractivity contribution in [3.8, 4) is 0 Å². The third-order valence-electron chi connectivity index (χ3n) is 2.77. The molecule has 0 aromatic carbocycles. The molecule has 0 amide bonds. The molecule has 94 valence electrons. The van der Waals surface area contributed by atoms with E-state index in [2.05, 4.69) is 20.6 Å². The van der Waals surface area contributed by atoms with Crippen LogP contribution in [-0.4, -0.2) is 47.6 Å². The molecule has 0 unspecified atom stereocenters. The normalized spacial score (nSPS) is 16.8. The van der Waals surface area contributed by atoms with Crippen LogP contribution in [0.5, 0.6) is 0 Å². The number of hydrazine groups is 1. The first-order valence-electron chi connectivity index (χ1n) is 5.85. The van der Waals surface area contributed by atoms with Crippen molar-refractivity contribution < 1.29 is 0 Å². The number of nitrogens with zero attached hydrogens (tertiary/aromatic N) is 2. The summed E-state index contributed by atoms with van der Waals surface area (Å²) < 4.78 is 0. The summed E-state index contributed by atoms with van der Waals surface area (Å²) in [4.78, 5) is 6.56. The number of hydrogen-bond donors (Lipinski definition) is 3. The number of pyridine rings is 1. The molecule has 0 aliphatic carbocycles. The topological polar surface area (TPSA) is 66.2 Å². The smallest absolute Gasteiger partial charge is 0.141 e. The Morgan fingerprint density at radius 3 is 3.00 bits per heavy atom. The maximum absolute atomic E-state index is 5.31. The van der Waals surface area contributed by atoms with Gasteiger partial charge in [-0.05, 0) is 6.07 Å². The molecule has 0 spiro atoms. The standard InChI is InChI=1S/C11H19N5S/c12-15-11-9-10(1-2-14-11)13-3-4-16-5-7-17-8-6-16/h1-2,9H,3-8,12H2,(H2,13,14,15). The minimum Gasteiger partial charge on any atom is -0.384 e. The van der Waals surface area contributed by atoms with Crippen LogP contribution in [0.2, 0.25) is 0 Å². The lowest BCUT2D eigenvalue weighted by Crippen LogP contribution is -2.36. The van der Waals surface area contributed by atoms with E-state index in [0.29, 0.717) is 5.82 Å². The highest BCUT2D eigenvalue weighted by Crippen LogP contribution is 2.11. The van der Waals surface area contributed by atoms with Crippen molar-refractivity contribution in [3.05, 3.63) is 18.3 Å². The van der Waals surface area contributed by atoms with Gasteiger partial charge < -0.3 is 10.7 Å². The number of nitrogens with two attached hydrogens (primary N) is 1. The summed E-state index contributed by atoms with van der Waals surface area (Å²) >= 11 is 2.04. The molecule has 0 radical (unpaired) electrons. The third-order valence-corrected chi connectivity index (χ3v) is 3.71. The Bertz CT molecular complexity index is 340. The molecule has 0 atom stereocenters. The summed E-state index contributed by atoms with van der Waals surface area (Å²) in [5.41, 5.74) is 3.60. The van der Waals surface area contributed by atoms with Crippen molar-refractivity contribution in [2.24, 2.45) is 5.84 Å². The Hall–Kier alpha value is -0.980. The van der Waals surface area contributed by atoms with Crippen LogP contribution >= 0.6 is 11.8 Å². The molecule has 1 aliphatic heterocycles. The third kappa shape index (κ3) is 4.07. The molecular formula is C11H19N5S. The number of anilines is 2. The van der Waals surface area contributed by atoms with Crippen molar-refractivity contribution in [2.75, 3.05) is 48.4 Å². The van der Waals surface area contributed by atoms with Gasteiger partial charge in [-0.15, -0.1) is 0 Å². The number of hydrogen-bond acceptors (Lipinski definition) is 6. The highest BCUT2D eigenvalue weighted by molar-refractivity contribution is 7.99. The Labute approximate surface area is 106 Å². The van der Waals surface area contributed by atoms with Crippen molar-refractivity contribution in [3.63, 3.8) is 0 Å². The number of rotatable bonds is 5. The quantitative estimate of drug-likeness (QED) is 0.533. The van der Waals surface area contributed by atoms with E-state index in [4.69, 9.17) is 5.84 Å². The van der Waals surface area contributed by atoms with Crippen LogP contribution in [0.4, 0.5) is 11.5 Å². The second kappa shape index (κ2) is 6.68. The van der Waals surface area contributed by atoms with E-state index in [0.717, 1.165) is 18.8 Å². The molecule has 0 bridgehead atoms. The summed E-state index contributed by atoms with van der Waals surface area (Å²) in [5.74, 6) is 8.52. The first-order chi connectivity index (χ1) is 8.38. The zero-order valence-electron chi connectivity index (χ0n) is 9.85. The Balaban J connectivity index is 1.73. The predicted octanol–water partition coefficient (Wildman–Crippen LogP) is 0.828. The van der Waals surface area contributed by atoms with E-state index >= 15 is 0 Å². The molecule has 6 heteroatoms. The molecule has 17 heavy (non-hydrogen) atoms. The molecule has 1 fully saturated rings. The molecule has 5 nitrogen and oxygen atoms in total. The van der Waals surface area contributed by atoms with E-state index in [1.165, 1.54) is 24.6 Å². The summed E-state index contributed by atoms with van der Waals surface area (Å²) in [6.07, 6.45) is 1.75. The minimum atomic E-state index is 0.685. The number of aromatic nitrogens is 1. The van der Waals surface area contributed by atoms with Gasteiger partial charge in [-0.1, -0.05) is 0 Å². The molecule has 2 rings (SSSR count). The van der Waals surface area contributed by atoms with Crippen LogP contribution in [0.25, 0.3) is 0 Å². The minimum absolute atomic E-state index is 0.685. The highest BCUT2D eigenvalue weighted by Gasteiger charge is 2.09. The van der Waals surface area contributed by atoms with Gasteiger partial charge in [0.05, 0.1) is 0 Å². The molecule has 4 N–H and O–H groups in total. The van der Waals surface area contributed by atoms with Crippen LogP contribution in [0.1, 0.15) is 0 Å². The molecule has 1 aliphatic rings. The molecular weight excluding hydrogens is 234 g/mol. The summed E-state index contributed by atoms with van der Waals surface area (Å²) in [5, 5.41) is 3.38. The zero-order valence-corrected chi connectivity index (χ0v) is 10.7. The lowest BCUT2D eigenvalue weighted by molar-refractivity contribution is 0.314. The van der Waals surface area contributed by atoms with E-state index in [-0.39, 0.29) is 0 Å². The van der Waals surface area contributed by atoms with Crippen LogP contribution < -0.4 is 16.6 Å². The van der Waals surface area contributed by atoms with Gasteiger partial charge in [0.15, 0.2) is 0 Å². The lowest BCUT2D eigenvalue weighted by Gasteiger charge is -2.26. The number of nitrogen functional groups attached to an aromatic ring is 1.